The van der Waals surface area contributed by atoms with Gasteiger partial charge < -0.3 is 10.6 Å². The van der Waals surface area contributed by atoms with Crippen LogP contribution in [0, 0.1) is 23.7 Å². The number of amides is 2. The van der Waals surface area contributed by atoms with Crippen molar-refractivity contribution >= 4 is 17.5 Å². The molecule has 0 spiro atoms. The Balaban J connectivity index is 1.16. The highest BCUT2D eigenvalue weighted by atomic mass is 16.2. The van der Waals surface area contributed by atoms with Crippen LogP contribution in [0.15, 0.2) is 30.9 Å². The van der Waals surface area contributed by atoms with Gasteiger partial charge in [0.25, 0.3) is 5.91 Å². The summed E-state index contributed by atoms with van der Waals surface area (Å²) in [5.74, 6) is 1.38. The molecule has 3 aromatic rings. The molecule has 37 heavy (non-hydrogen) atoms. The van der Waals surface area contributed by atoms with Crippen molar-refractivity contribution in [3.63, 3.8) is 0 Å². The van der Waals surface area contributed by atoms with Crippen molar-refractivity contribution in [1.82, 2.24) is 39.9 Å². The van der Waals surface area contributed by atoms with Crippen molar-refractivity contribution in [1.29, 1.82) is 0 Å². The van der Waals surface area contributed by atoms with Crippen LogP contribution in [0.2, 0.25) is 0 Å². The zero-order valence-corrected chi connectivity index (χ0v) is 21.5. The van der Waals surface area contributed by atoms with Crippen LogP contribution in [0.1, 0.15) is 74.6 Å². The fourth-order valence-corrected chi connectivity index (χ4v) is 5.35. The van der Waals surface area contributed by atoms with Crippen molar-refractivity contribution in [2.45, 2.75) is 77.5 Å². The Bertz CT molecular complexity index is 1250. The average molecular weight is 506 g/mol. The van der Waals surface area contributed by atoms with Gasteiger partial charge in [0.05, 0.1) is 30.3 Å². The van der Waals surface area contributed by atoms with Crippen LogP contribution in [-0.4, -0.2) is 52.4 Å². The van der Waals surface area contributed by atoms with E-state index in [2.05, 4.69) is 31.1 Å². The fraction of sp³-hybridized carbons (Fsp3) is 0.615. The fourth-order valence-electron chi connectivity index (χ4n) is 5.35. The molecule has 3 heterocycles. The molecule has 196 valence electrons. The largest absolute Gasteiger partial charge is 0.339 e. The van der Waals surface area contributed by atoms with E-state index < -0.39 is 6.04 Å². The van der Waals surface area contributed by atoms with Gasteiger partial charge in [-0.25, -0.2) is 4.68 Å². The first-order valence-electron chi connectivity index (χ1n) is 13.5. The molecule has 0 radical (unpaired) electrons. The van der Waals surface area contributed by atoms with Crippen molar-refractivity contribution in [3.05, 3.63) is 42.2 Å². The molecule has 2 amide bonds. The van der Waals surface area contributed by atoms with E-state index >= 15 is 0 Å². The third kappa shape index (κ3) is 5.45. The third-order valence-corrected chi connectivity index (χ3v) is 7.73. The molecule has 2 N–H and O–H groups in total. The second kappa shape index (κ2) is 9.75. The zero-order chi connectivity index (χ0) is 25.5. The SMILES string of the molecule is CC(C)n1nccc1C(=O)N[C@H](C(=O)Nc1cnn(Cc2cnnn2CC2CC2)c1)C(C1CC1)C1CC1. The van der Waals surface area contributed by atoms with Gasteiger partial charge in [0, 0.05) is 25.0 Å². The number of rotatable bonds is 12. The van der Waals surface area contributed by atoms with E-state index in [0.717, 1.165) is 37.9 Å². The molecule has 0 saturated heterocycles. The Morgan fingerprint density at radius 2 is 1.81 bits per heavy atom. The Hall–Kier alpha value is -3.50. The molecule has 11 nitrogen and oxygen atoms in total. The summed E-state index contributed by atoms with van der Waals surface area (Å²) >= 11 is 0. The first kappa shape index (κ1) is 23.9. The van der Waals surface area contributed by atoms with Gasteiger partial charge in [-0.2, -0.15) is 10.2 Å². The number of hydrogen-bond acceptors (Lipinski definition) is 6. The number of aromatic nitrogens is 7. The van der Waals surface area contributed by atoms with Gasteiger partial charge in [-0.3, -0.25) is 19.0 Å². The van der Waals surface area contributed by atoms with Crippen molar-refractivity contribution in [3.8, 4) is 0 Å². The quantitative estimate of drug-likeness (QED) is 0.390. The minimum atomic E-state index is -0.601. The van der Waals surface area contributed by atoms with Crippen LogP contribution < -0.4 is 10.6 Å². The van der Waals surface area contributed by atoms with E-state index in [1.165, 1.54) is 12.8 Å². The van der Waals surface area contributed by atoms with E-state index in [9.17, 15) is 9.59 Å². The maximum Gasteiger partial charge on any atom is 0.270 e. The maximum atomic E-state index is 13.6. The van der Waals surface area contributed by atoms with Crippen LogP contribution >= 0.6 is 0 Å². The highest BCUT2D eigenvalue weighted by Crippen LogP contribution is 2.51. The molecule has 1 atom stereocenters. The normalized spacial score (nSPS) is 18.4. The van der Waals surface area contributed by atoms with Gasteiger partial charge in [-0.15, -0.1) is 5.10 Å². The van der Waals surface area contributed by atoms with E-state index in [0.29, 0.717) is 35.7 Å². The third-order valence-electron chi connectivity index (χ3n) is 7.73. The highest BCUT2D eigenvalue weighted by molar-refractivity contribution is 6.00. The minimum absolute atomic E-state index is 0.0484. The first-order chi connectivity index (χ1) is 18.0. The second-order valence-electron chi connectivity index (χ2n) is 11.2. The monoisotopic (exact) mass is 505 g/mol. The summed E-state index contributed by atoms with van der Waals surface area (Å²) in [6, 6.07) is 1.16. The minimum Gasteiger partial charge on any atom is -0.339 e. The summed E-state index contributed by atoms with van der Waals surface area (Å²) in [5.41, 5.74) is 2.08. The van der Waals surface area contributed by atoms with Crippen molar-refractivity contribution in [2.75, 3.05) is 5.32 Å². The number of nitrogens with one attached hydrogen (secondary N) is 2. The van der Waals surface area contributed by atoms with Gasteiger partial charge >= 0.3 is 0 Å². The Morgan fingerprint density at radius 3 is 2.49 bits per heavy atom. The molecular formula is C26H35N9O2. The highest BCUT2D eigenvalue weighted by Gasteiger charge is 2.48. The average Bonchev–Trinajstić information content (AvgIpc) is 3.83. The summed E-state index contributed by atoms with van der Waals surface area (Å²) < 4.78 is 5.42. The molecule has 3 aromatic heterocycles. The van der Waals surface area contributed by atoms with E-state index in [-0.39, 0.29) is 23.8 Å². The predicted octanol–water partition coefficient (Wildman–Crippen LogP) is 2.88. The molecule has 3 saturated carbocycles. The summed E-state index contributed by atoms with van der Waals surface area (Å²) in [7, 11) is 0. The lowest BCUT2D eigenvalue weighted by Crippen LogP contribution is -2.50. The summed E-state index contributed by atoms with van der Waals surface area (Å²) in [4.78, 5) is 26.9. The molecule has 0 aliphatic heterocycles. The van der Waals surface area contributed by atoms with Gasteiger partial charge in [0.1, 0.15) is 11.7 Å². The molecule has 0 bridgehead atoms. The molecule has 6 rings (SSSR count). The van der Waals surface area contributed by atoms with E-state index in [1.807, 2.05) is 24.7 Å². The number of nitrogens with zero attached hydrogens (tertiary/aromatic N) is 7. The zero-order valence-electron chi connectivity index (χ0n) is 21.5. The van der Waals surface area contributed by atoms with Crippen molar-refractivity contribution in [2.24, 2.45) is 23.7 Å². The van der Waals surface area contributed by atoms with Gasteiger partial charge in [-0.1, -0.05) is 5.21 Å². The standard InChI is InChI=1S/C26H35N9O2/c1-16(2)35-22(9-10-28-35)25(36)31-24(23(18-5-6-18)19-7-8-19)26(37)30-20-11-29-33(14-20)15-21-12-27-32-34(21)13-17-3-4-17/h9-12,14,16-19,23-24H,3-8,13,15H2,1-2H3,(H,30,37)(H,31,36)/t24-/m0/s1. The van der Waals surface area contributed by atoms with Crippen LogP contribution in [0.3, 0.4) is 0 Å². The molecule has 3 aliphatic rings. The summed E-state index contributed by atoms with van der Waals surface area (Å²) in [6.07, 6.45) is 13.8. The molecular weight excluding hydrogens is 470 g/mol. The van der Waals surface area contributed by atoms with Crippen LogP contribution in [0.5, 0.6) is 0 Å². The molecule has 11 heteroatoms. The Labute approximate surface area is 216 Å². The van der Waals surface area contributed by atoms with Gasteiger partial charge in [0.15, 0.2) is 0 Å². The lowest BCUT2D eigenvalue weighted by molar-refractivity contribution is -0.119. The second-order valence-corrected chi connectivity index (χ2v) is 11.2. The molecule has 3 fully saturated rings. The smallest absolute Gasteiger partial charge is 0.270 e. The van der Waals surface area contributed by atoms with Crippen LogP contribution in [0.4, 0.5) is 5.69 Å². The lowest BCUT2D eigenvalue weighted by atomic mass is 9.88. The topological polar surface area (TPSA) is 125 Å². The molecule has 3 aliphatic carbocycles. The van der Waals surface area contributed by atoms with Crippen LogP contribution in [-0.2, 0) is 17.9 Å². The van der Waals surface area contributed by atoms with Gasteiger partial charge in [0.2, 0.25) is 5.91 Å². The molecule has 0 aromatic carbocycles. The molecule has 0 unspecified atom stereocenters. The number of carbonyl (C=O) groups is 2. The van der Waals surface area contributed by atoms with E-state index in [4.69, 9.17) is 0 Å². The summed E-state index contributed by atoms with van der Waals surface area (Å²) in [6.45, 7) is 5.39. The van der Waals surface area contributed by atoms with Gasteiger partial charge in [-0.05, 0) is 82.1 Å². The lowest BCUT2D eigenvalue weighted by Gasteiger charge is -2.27. The number of carbonyl (C=O) groups excluding carboxylic acids is 2. The predicted molar refractivity (Wildman–Crippen MR) is 136 cm³/mol. The summed E-state index contributed by atoms with van der Waals surface area (Å²) in [5, 5.41) is 23.1. The number of hydrogen-bond donors (Lipinski definition) is 2. The first-order valence-corrected chi connectivity index (χ1v) is 13.5. The number of anilines is 1. The Morgan fingerprint density at radius 1 is 1.05 bits per heavy atom. The van der Waals surface area contributed by atoms with Crippen molar-refractivity contribution < 1.29 is 9.59 Å². The maximum absolute atomic E-state index is 13.6. The Kier molecular flexibility index (Phi) is 6.29. The van der Waals surface area contributed by atoms with E-state index in [1.54, 1.807) is 34.0 Å². The van der Waals surface area contributed by atoms with Crippen LogP contribution in [0.25, 0.3) is 0 Å².